The van der Waals surface area contributed by atoms with Crippen LogP contribution >= 0.6 is 11.6 Å². The molecule has 4 heteroatoms. The Morgan fingerprint density at radius 1 is 1.50 bits per heavy atom. The van der Waals surface area contributed by atoms with Crippen LogP contribution in [0.15, 0.2) is 18.2 Å². The third-order valence-corrected chi connectivity index (χ3v) is 4.05. The molecule has 0 radical (unpaired) electrons. The van der Waals surface area contributed by atoms with E-state index in [2.05, 4.69) is 24.1 Å². The summed E-state index contributed by atoms with van der Waals surface area (Å²) in [5.41, 5.74) is 0.815. The molecule has 1 N–H and O–H groups in total. The van der Waals surface area contributed by atoms with E-state index in [0.717, 1.165) is 26.1 Å². The van der Waals surface area contributed by atoms with Crippen LogP contribution in [0.25, 0.3) is 0 Å². The Balaban J connectivity index is 2.07. The largest absolute Gasteiger partial charge is 0.309 e. The van der Waals surface area contributed by atoms with E-state index in [0.29, 0.717) is 12.1 Å². The van der Waals surface area contributed by atoms with Crippen molar-refractivity contribution >= 4 is 11.6 Å². The van der Waals surface area contributed by atoms with Crippen molar-refractivity contribution in [3.8, 4) is 0 Å². The van der Waals surface area contributed by atoms with Crippen LogP contribution < -0.4 is 5.32 Å². The van der Waals surface area contributed by atoms with E-state index in [1.54, 1.807) is 6.07 Å². The summed E-state index contributed by atoms with van der Waals surface area (Å²) >= 11 is 5.81. The highest BCUT2D eigenvalue weighted by atomic mass is 35.5. The molecule has 1 atom stereocenters. The third-order valence-electron chi connectivity index (χ3n) is 3.76. The molecule has 2 nitrogen and oxygen atoms in total. The molecule has 1 unspecified atom stereocenters. The molecule has 1 heterocycles. The molecule has 0 amide bonds. The normalized spacial score (nSPS) is 25.3. The fourth-order valence-corrected chi connectivity index (χ4v) is 2.62. The fraction of sp³-hybridized carbons (Fsp3) is 0.571. The van der Waals surface area contributed by atoms with Crippen LogP contribution in [0.3, 0.4) is 0 Å². The highest BCUT2D eigenvalue weighted by molar-refractivity contribution is 6.30. The molecule has 1 aromatic carbocycles. The maximum Gasteiger partial charge on any atom is 0.146 e. The van der Waals surface area contributed by atoms with E-state index in [-0.39, 0.29) is 16.4 Å². The molecule has 1 aromatic rings. The van der Waals surface area contributed by atoms with Crippen LogP contribution in [0.2, 0.25) is 5.02 Å². The van der Waals surface area contributed by atoms with E-state index in [1.165, 1.54) is 0 Å². The summed E-state index contributed by atoms with van der Waals surface area (Å²) in [7, 11) is 0. The Labute approximate surface area is 113 Å². The highest BCUT2D eigenvalue weighted by Crippen LogP contribution is 2.22. The second-order valence-electron chi connectivity index (χ2n) is 5.26. The van der Waals surface area contributed by atoms with Crippen molar-refractivity contribution < 1.29 is 4.39 Å². The highest BCUT2D eigenvalue weighted by Gasteiger charge is 2.28. The molecule has 0 spiro atoms. The maximum absolute atomic E-state index is 13.9. The molecule has 18 heavy (non-hydrogen) atoms. The summed E-state index contributed by atoms with van der Waals surface area (Å²) in [5.74, 6) is -0.282. The van der Waals surface area contributed by atoms with E-state index in [4.69, 9.17) is 11.6 Å². The summed E-state index contributed by atoms with van der Waals surface area (Å²) in [6.07, 6.45) is 1.07. The van der Waals surface area contributed by atoms with Gasteiger partial charge in [-0.1, -0.05) is 30.7 Å². The van der Waals surface area contributed by atoms with Crippen molar-refractivity contribution in [3.05, 3.63) is 34.6 Å². The maximum atomic E-state index is 13.9. The minimum Gasteiger partial charge on any atom is -0.309 e. The predicted octanol–water partition coefficient (Wildman–Crippen LogP) is 3.05. The Hall–Kier alpha value is -0.640. The minimum atomic E-state index is -0.282. The Kier molecular flexibility index (Phi) is 4.25. The van der Waals surface area contributed by atoms with Crippen molar-refractivity contribution in [2.75, 3.05) is 19.6 Å². The van der Waals surface area contributed by atoms with E-state index < -0.39 is 0 Å². The number of nitrogens with zero attached hydrogens (tertiary/aromatic N) is 1. The van der Waals surface area contributed by atoms with Gasteiger partial charge in [0, 0.05) is 37.3 Å². The Morgan fingerprint density at radius 2 is 2.28 bits per heavy atom. The summed E-state index contributed by atoms with van der Waals surface area (Å²) in [4.78, 5) is 2.29. The first kappa shape index (κ1) is 13.8. The number of hydrogen-bond acceptors (Lipinski definition) is 2. The molecular weight excluding hydrogens is 251 g/mol. The predicted molar refractivity (Wildman–Crippen MR) is 73.4 cm³/mol. The van der Waals surface area contributed by atoms with Crippen LogP contribution in [-0.2, 0) is 6.54 Å². The molecule has 2 rings (SSSR count). The van der Waals surface area contributed by atoms with Crippen molar-refractivity contribution in [1.29, 1.82) is 0 Å². The van der Waals surface area contributed by atoms with Crippen LogP contribution in [0.1, 0.15) is 25.8 Å². The van der Waals surface area contributed by atoms with Gasteiger partial charge in [-0.15, -0.1) is 0 Å². The van der Waals surface area contributed by atoms with E-state index in [9.17, 15) is 4.39 Å². The lowest BCUT2D eigenvalue weighted by Gasteiger charge is -2.41. The number of nitrogens with one attached hydrogen (secondary N) is 1. The lowest BCUT2D eigenvalue weighted by atomic mass is 9.95. The number of benzene rings is 1. The van der Waals surface area contributed by atoms with Gasteiger partial charge in [0.2, 0.25) is 0 Å². The second kappa shape index (κ2) is 5.55. The van der Waals surface area contributed by atoms with Gasteiger partial charge in [-0.3, -0.25) is 4.90 Å². The van der Waals surface area contributed by atoms with Gasteiger partial charge in [-0.2, -0.15) is 0 Å². The van der Waals surface area contributed by atoms with Crippen molar-refractivity contribution in [3.63, 3.8) is 0 Å². The Bertz CT molecular complexity index is 424. The number of halogens is 2. The monoisotopic (exact) mass is 270 g/mol. The van der Waals surface area contributed by atoms with Crippen LogP contribution in [0, 0.1) is 5.82 Å². The van der Waals surface area contributed by atoms with Gasteiger partial charge < -0.3 is 5.32 Å². The number of rotatable bonds is 3. The van der Waals surface area contributed by atoms with Gasteiger partial charge in [-0.05, 0) is 19.4 Å². The topological polar surface area (TPSA) is 15.3 Å². The van der Waals surface area contributed by atoms with E-state index >= 15 is 0 Å². The Morgan fingerprint density at radius 3 is 3.00 bits per heavy atom. The van der Waals surface area contributed by atoms with Crippen LogP contribution in [0.5, 0.6) is 0 Å². The average Bonchev–Trinajstić information content (AvgIpc) is 2.35. The molecule has 0 aliphatic carbocycles. The van der Waals surface area contributed by atoms with Crippen molar-refractivity contribution in [1.82, 2.24) is 10.2 Å². The summed E-state index contributed by atoms with van der Waals surface area (Å²) < 4.78 is 13.9. The summed E-state index contributed by atoms with van der Waals surface area (Å²) in [6.45, 7) is 7.86. The SMILES string of the molecule is CCC1(C)CN(Cc2cccc(Cl)c2F)CCN1. The van der Waals surface area contributed by atoms with Crippen molar-refractivity contribution in [2.24, 2.45) is 0 Å². The number of piperazine rings is 1. The molecule has 1 aliphatic heterocycles. The first-order valence-electron chi connectivity index (χ1n) is 6.44. The van der Waals surface area contributed by atoms with Crippen LogP contribution in [-0.4, -0.2) is 30.1 Å². The molecule has 0 bridgehead atoms. The van der Waals surface area contributed by atoms with Crippen LogP contribution in [0.4, 0.5) is 4.39 Å². The first-order valence-corrected chi connectivity index (χ1v) is 6.82. The molecule has 0 aromatic heterocycles. The minimum absolute atomic E-state index is 0.132. The quantitative estimate of drug-likeness (QED) is 0.908. The van der Waals surface area contributed by atoms with Gasteiger partial charge in [0.25, 0.3) is 0 Å². The molecular formula is C14H20ClFN2. The summed E-state index contributed by atoms with van der Waals surface area (Å²) in [6, 6.07) is 5.21. The molecule has 0 saturated carbocycles. The zero-order chi connectivity index (χ0) is 13.2. The molecule has 100 valence electrons. The van der Waals surface area contributed by atoms with Gasteiger partial charge in [-0.25, -0.2) is 4.39 Å². The average molecular weight is 271 g/mol. The zero-order valence-electron chi connectivity index (χ0n) is 11.0. The smallest absolute Gasteiger partial charge is 0.146 e. The van der Waals surface area contributed by atoms with Gasteiger partial charge in [0.05, 0.1) is 5.02 Å². The molecule has 1 fully saturated rings. The second-order valence-corrected chi connectivity index (χ2v) is 5.67. The lowest BCUT2D eigenvalue weighted by Crippen LogP contribution is -2.58. The van der Waals surface area contributed by atoms with Gasteiger partial charge in [0.15, 0.2) is 0 Å². The van der Waals surface area contributed by atoms with E-state index in [1.807, 2.05) is 12.1 Å². The third kappa shape index (κ3) is 3.02. The van der Waals surface area contributed by atoms with Gasteiger partial charge >= 0.3 is 0 Å². The lowest BCUT2D eigenvalue weighted by molar-refractivity contribution is 0.132. The van der Waals surface area contributed by atoms with Gasteiger partial charge in [0.1, 0.15) is 5.82 Å². The van der Waals surface area contributed by atoms with Crippen molar-refractivity contribution in [2.45, 2.75) is 32.4 Å². The summed E-state index contributed by atoms with van der Waals surface area (Å²) in [5, 5.41) is 3.73. The zero-order valence-corrected chi connectivity index (χ0v) is 11.7. The fourth-order valence-electron chi connectivity index (χ4n) is 2.43. The first-order chi connectivity index (χ1) is 8.54. The number of hydrogen-bond donors (Lipinski definition) is 1. The molecule has 1 saturated heterocycles. The standard InChI is InChI=1S/C14H20ClFN2/c1-3-14(2)10-18(8-7-17-14)9-11-5-4-6-12(15)13(11)16/h4-6,17H,3,7-10H2,1-2H3. The molecule has 1 aliphatic rings.